The van der Waals surface area contributed by atoms with Crippen molar-refractivity contribution in [2.75, 3.05) is 13.7 Å². The molecule has 1 amide bonds. The summed E-state index contributed by atoms with van der Waals surface area (Å²) in [6.45, 7) is 1.69. The van der Waals surface area contributed by atoms with Crippen molar-refractivity contribution in [3.8, 4) is 0 Å². The van der Waals surface area contributed by atoms with Crippen molar-refractivity contribution in [3.05, 3.63) is 40.0 Å². The molecule has 0 spiro atoms. The van der Waals surface area contributed by atoms with Gasteiger partial charge in [0.2, 0.25) is 0 Å². The average molecular weight is 367 g/mol. The zero-order chi connectivity index (χ0) is 16.3. The van der Waals surface area contributed by atoms with Crippen LogP contribution >= 0.6 is 15.9 Å². The van der Waals surface area contributed by atoms with E-state index in [1.165, 1.54) is 7.11 Å². The number of amides is 1. The maximum Gasteiger partial charge on any atom is 0.334 e. The molecule has 1 aromatic carbocycles. The zero-order valence-electron chi connectivity index (χ0n) is 12.1. The number of nitrogens with zero attached hydrogens (tertiary/aromatic N) is 1. The van der Waals surface area contributed by atoms with Crippen molar-refractivity contribution in [2.45, 2.75) is 13.0 Å². The first-order valence-electron chi connectivity index (χ1n) is 6.53. The van der Waals surface area contributed by atoms with Crippen LogP contribution in [0.25, 0.3) is 10.9 Å². The zero-order valence-corrected chi connectivity index (χ0v) is 13.7. The van der Waals surface area contributed by atoms with Crippen LogP contribution in [0.4, 0.5) is 0 Å². The molecule has 1 atom stereocenters. The number of pyridine rings is 1. The number of aromatic nitrogens is 1. The van der Waals surface area contributed by atoms with Crippen molar-refractivity contribution >= 4 is 38.7 Å². The van der Waals surface area contributed by atoms with E-state index in [4.69, 9.17) is 9.84 Å². The lowest BCUT2D eigenvalue weighted by atomic mass is 10.1. The van der Waals surface area contributed by atoms with E-state index in [1.807, 2.05) is 18.2 Å². The highest BCUT2D eigenvalue weighted by Gasteiger charge is 2.19. The lowest BCUT2D eigenvalue weighted by molar-refractivity contribution is -0.148. The van der Waals surface area contributed by atoms with Crippen LogP contribution in [0, 0.1) is 6.92 Å². The molecule has 22 heavy (non-hydrogen) atoms. The van der Waals surface area contributed by atoms with Gasteiger partial charge in [0.15, 0.2) is 6.10 Å². The van der Waals surface area contributed by atoms with Gasteiger partial charge in [-0.3, -0.25) is 9.78 Å². The summed E-state index contributed by atoms with van der Waals surface area (Å²) in [4.78, 5) is 27.6. The van der Waals surface area contributed by atoms with Crippen LogP contribution in [-0.4, -0.2) is 41.7 Å². The minimum absolute atomic E-state index is 0.110. The molecule has 7 heteroatoms. The van der Waals surface area contributed by atoms with Crippen LogP contribution in [0.15, 0.2) is 28.7 Å². The van der Waals surface area contributed by atoms with Gasteiger partial charge in [-0.2, -0.15) is 0 Å². The largest absolute Gasteiger partial charge is 0.479 e. The second-order valence-electron chi connectivity index (χ2n) is 4.75. The predicted octanol–water partition coefficient (Wildman–Crippen LogP) is 2.14. The third-order valence-electron chi connectivity index (χ3n) is 3.15. The summed E-state index contributed by atoms with van der Waals surface area (Å²) < 4.78 is 5.63. The van der Waals surface area contributed by atoms with Crippen molar-refractivity contribution in [1.29, 1.82) is 0 Å². The minimum atomic E-state index is -1.12. The summed E-state index contributed by atoms with van der Waals surface area (Å²) in [5.41, 5.74) is 1.86. The van der Waals surface area contributed by atoms with Crippen molar-refractivity contribution in [2.24, 2.45) is 0 Å². The number of fused-ring (bicyclic) bond motifs is 1. The van der Waals surface area contributed by atoms with Gasteiger partial charge < -0.3 is 15.2 Å². The number of aliphatic carboxylic acids is 1. The number of aryl methyl sites for hydroxylation is 1. The number of rotatable bonds is 5. The fraction of sp³-hybridized carbons (Fsp3) is 0.267. The van der Waals surface area contributed by atoms with Gasteiger partial charge in [0.05, 0.1) is 17.6 Å². The molecule has 0 fully saturated rings. The standard InChI is InChI=1S/C15H15BrN2O4/c1-8-5-11(10-6-9(16)3-4-12(10)18-8)14(19)17-7-13(22-2)15(20)21/h3-6,13H,7H2,1-2H3,(H,17,19)(H,20,21). The first-order valence-corrected chi connectivity index (χ1v) is 7.32. The Morgan fingerprint density at radius 3 is 2.77 bits per heavy atom. The molecule has 116 valence electrons. The Morgan fingerprint density at radius 1 is 1.41 bits per heavy atom. The molecule has 2 aromatic rings. The highest BCUT2D eigenvalue weighted by atomic mass is 79.9. The maximum absolute atomic E-state index is 12.4. The Bertz CT molecular complexity index is 733. The minimum Gasteiger partial charge on any atom is -0.479 e. The molecule has 0 radical (unpaired) electrons. The molecule has 2 N–H and O–H groups in total. The number of hydrogen-bond acceptors (Lipinski definition) is 4. The van der Waals surface area contributed by atoms with Crippen LogP contribution in [0.5, 0.6) is 0 Å². The summed E-state index contributed by atoms with van der Waals surface area (Å²) in [6.07, 6.45) is -1.08. The van der Waals surface area contributed by atoms with Crippen molar-refractivity contribution in [3.63, 3.8) is 0 Å². The third kappa shape index (κ3) is 3.61. The molecule has 2 rings (SSSR count). The molecule has 0 aliphatic heterocycles. The first-order chi connectivity index (χ1) is 10.4. The van der Waals surface area contributed by atoms with Gasteiger partial charge in [-0.15, -0.1) is 0 Å². The fourth-order valence-corrected chi connectivity index (χ4v) is 2.43. The highest BCUT2D eigenvalue weighted by Crippen LogP contribution is 2.22. The Hall–Kier alpha value is -1.99. The fourth-order valence-electron chi connectivity index (χ4n) is 2.07. The van der Waals surface area contributed by atoms with Crippen molar-refractivity contribution < 1.29 is 19.4 Å². The highest BCUT2D eigenvalue weighted by molar-refractivity contribution is 9.10. The molecule has 0 saturated heterocycles. The molecule has 1 heterocycles. The number of ether oxygens (including phenoxy) is 1. The van der Waals surface area contributed by atoms with Gasteiger partial charge in [-0.25, -0.2) is 4.79 Å². The van der Waals surface area contributed by atoms with Crippen LogP contribution in [0.1, 0.15) is 16.1 Å². The van der Waals surface area contributed by atoms with Gasteiger partial charge in [-0.1, -0.05) is 15.9 Å². The van der Waals surface area contributed by atoms with Crippen LogP contribution < -0.4 is 5.32 Å². The number of halogens is 1. The predicted molar refractivity (Wildman–Crippen MR) is 84.9 cm³/mol. The molecule has 0 aliphatic rings. The number of carboxylic acids is 1. The Balaban J connectivity index is 2.31. The molecule has 1 unspecified atom stereocenters. The molecule has 6 nitrogen and oxygen atoms in total. The summed E-state index contributed by atoms with van der Waals surface area (Å²) in [6, 6.07) is 7.15. The average Bonchev–Trinajstić information content (AvgIpc) is 2.47. The number of nitrogens with one attached hydrogen (secondary N) is 1. The van der Waals surface area contributed by atoms with E-state index in [0.717, 1.165) is 4.47 Å². The Kier molecular flexibility index (Phi) is 5.10. The monoisotopic (exact) mass is 366 g/mol. The lowest BCUT2D eigenvalue weighted by Gasteiger charge is -2.13. The lowest BCUT2D eigenvalue weighted by Crippen LogP contribution is -2.37. The number of carbonyl (C=O) groups excluding carboxylic acids is 1. The van der Waals surface area contributed by atoms with E-state index in [-0.39, 0.29) is 12.5 Å². The number of carboxylic acid groups (broad SMARTS) is 1. The second kappa shape index (κ2) is 6.85. The van der Waals surface area contributed by atoms with Gasteiger partial charge in [0, 0.05) is 22.7 Å². The van der Waals surface area contributed by atoms with E-state index in [9.17, 15) is 9.59 Å². The van der Waals surface area contributed by atoms with Crippen LogP contribution in [-0.2, 0) is 9.53 Å². The van der Waals surface area contributed by atoms with E-state index in [1.54, 1.807) is 13.0 Å². The Morgan fingerprint density at radius 2 is 2.14 bits per heavy atom. The molecular weight excluding hydrogens is 352 g/mol. The van der Waals surface area contributed by atoms with Crippen LogP contribution in [0.3, 0.4) is 0 Å². The molecule has 0 bridgehead atoms. The van der Waals surface area contributed by atoms with Crippen LogP contribution in [0.2, 0.25) is 0 Å². The summed E-state index contributed by atoms with van der Waals surface area (Å²) >= 11 is 3.37. The number of hydrogen-bond donors (Lipinski definition) is 2. The molecular formula is C15H15BrN2O4. The van der Waals surface area contributed by atoms with Crippen molar-refractivity contribution in [1.82, 2.24) is 10.3 Å². The summed E-state index contributed by atoms with van der Waals surface area (Å²) in [5.74, 6) is -1.49. The Labute approximate surface area is 135 Å². The van der Waals surface area contributed by atoms with E-state index < -0.39 is 12.1 Å². The van der Waals surface area contributed by atoms with E-state index >= 15 is 0 Å². The number of carbonyl (C=O) groups is 2. The third-order valence-corrected chi connectivity index (χ3v) is 3.64. The summed E-state index contributed by atoms with van der Waals surface area (Å²) in [7, 11) is 1.29. The van der Waals surface area contributed by atoms with Gasteiger partial charge in [0.1, 0.15) is 0 Å². The maximum atomic E-state index is 12.4. The van der Waals surface area contributed by atoms with Gasteiger partial charge in [-0.05, 0) is 31.2 Å². The number of benzene rings is 1. The number of methoxy groups -OCH3 is 1. The van der Waals surface area contributed by atoms with E-state index in [0.29, 0.717) is 22.2 Å². The normalized spacial score (nSPS) is 12.1. The first kappa shape index (κ1) is 16.4. The van der Waals surface area contributed by atoms with Gasteiger partial charge in [0.25, 0.3) is 5.91 Å². The topological polar surface area (TPSA) is 88.5 Å². The smallest absolute Gasteiger partial charge is 0.334 e. The molecule has 0 saturated carbocycles. The quantitative estimate of drug-likeness (QED) is 0.845. The van der Waals surface area contributed by atoms with Gasteiger partial charge >= 0.3 is 5.97 Å². The molecule has 0 aliphatic carbocycles. The SMILES string of the molecule is COC(CNC(=O)c1cc(C)nc2ccc(Br)cc12)C(=O)O. The molecule has 1 aromatic heterocycles. The van der Waals surface area contributed by atoms with E-state index in [2.05, 4.69) is 26.2 Å². The second-order valence-corrected chi connectivity index (χ2v) is 5.66. The summed E-state index contributed by atoms with van der Waals surface area (Å²) in [5, 5.41) is 12.2.